The number of nitrogens with two attached hydrogens (primary N) is 1. The number of aromatic nitrogens is 2. The number of carbonyl (C=O) groups excluding carboxylic acids is 1. The molecule has 0 saturated heterocycles. The second-order valence-corrected chi connectivity index (χ2v) is 5.89. The van der Waals surface area contributed by atoms with E-state index in [1.807, 2.05) is 18.2 Å². The molecule has 0 bridgehead atoms. The van der Waals surface area contributed by atoms with Crippen molar-refractivity contribution >= 4 is 17.7 Å². The predicted octanol–water partition coefficient (Wildman–Crippen LogP) is 2.08. The average molecular weight is 291 g/mol. The van der Waals surface area contributed by atoms with E-state index in [0.29, 0.717) is 23.9 Å². The maximum absolute atomic E-state index is 10.9. The van der Waals surface area contributed by atoms with Gasteiger partial charge in [-0.25, -0.2) is 0 Å². The lowest BCUT2D eigenvalue weighted by Gasteiger charge is -2.03. The number of amides is 1. The zero-order valence-electron chi connectivity index (χ0n) is 11.5. The Hall–Kier alpha value is -1.82. The van der Waals surface area contributed by atoms with Crippen molar-refractivity contribution in [1.29, 1.82) is 0 Å². The van der Waals surface area contributed by atoms with Crippen molar-refractivity contribution in [2.75, 3.05) is 0 Å². The molecule has 5 nitrogen and oxygen atoms in total. The minimum absolute atomic E-state index is 0.256. The van der Waals surface area contributed by atoms with Gasteiger partial charge in [-0.1, -0.05) is 29.4 Å². The summed E-state index contributed by atoms with van der Waals surface area (Å²) < 4.78 is 5.23. The molecule has 0 fully saturated rings. The van der Waals surface area contributed by atoms with E-state index in [0.717, 1.165) is 0 Å². The van der Waals surface area contributed by atoms with Crippen LogP contribution >= 0.6 is 11.8 Å². The largest absolute Gasteiger partial charge is 0.369 e. The Kier molecular flexibility index (Phi) is 4.79. The third-order valence-electron chi connectivity index (χ3n) is 2.98. The van der Waals surface area contributed by atoms with Gasteiger partial charge in [-0.15, -0.1) is 11.8 Å². The van der Waals surface area contributed by atoms with Crippen LogP contribution in [-0.4, -0.2) is 21.3 Å². The van der Waals surface area contributed by atoms with Gasteiger partial charge in [0.25, 0.3) is 0 Å². The number of hydrogen-bond donors (Lipinski definition) is 1. The van der Waals surface area contributed by atoms with E-state index < -0.39 is 0 Å². The van der Waals surface area contributed by atoms with Crippen molar-refractivity contribution in [3.8, 4) is 0 Å². The van der Waals surface area contributed by atoms with Gasteiger partial charge in [-0.2, -0.15) is 4.98 Å². The Bertz CT molecular complexity index is 598. The Balaban J connectivity index is 1.96. The Labute approximate surface area is 121 Å². The standard InChI is InChI=1S/C14H17N3O2S/c1-9-5-3-4-6-11(9)7-13-16-12(17-19-13)8-20-10(2)14(15)18/h3-6,10H,7-8H2,1-2H3,(H2,15,18)/t10-/m1/s1. The lowest BCUT2D eigenvalue weighted by Crippen LogP contribution is -2.22. The average Bonchev–Trinajstić information content (AvgIpc) is 2.86. The van der Waals surface area contributed by atoms with Crippen molar-refractivity contribution < 1.29 is 9.32 Å². The van der Waals surface area contributed by atoms with Gasteiger partial charge in [-0.05, 0) is 25.0 Å². The molecule has 1 aromatic heterocycles. The monoisotopic (exact) mass is 291 g/mol. The van der Waals surface area contributed by atoms with Gasteiger partial charge >= 0.3 is 0 Å². The van der Waals surface area contributed by atoms with E-state index in [9.17, 15) is 4.79 Å². The molecule has 0 radical (unpaired) electrons. The van der Waals surface area contributed by atoms with E-state index in [-0.39, 0.29) is 11.2 Å². The molecule has 0 aliphatic heterocycles. The maximum Gasteiger partial charge on any atom is 0.231 e. The minimum atomic E-state index is -0.335. The molecule has 2 rings (SSSR count). The number of nitrogens with zero attached hydrogens (tertiary/aromatic N) is 2. The zero-order valence-corrected chi connectivity index (χ0v) is 12.3. The molecule has 1 atom stereocenters. The SMILES string of the molecule is Cc1ccccc1Cc1nc(CS[C@H](C)C(N)=O)no1. The molecule has 2 N–H and O–H groups in total. The summed E-state index contributed by atoms with van der Waals surface area (Å²) in [5, 5.41) is 3.66. The summed E-state index contributed by atoms with van der Waals surface area (Å²) in [4.78, 5) is 15.3. The summed E-state index contributed by atoms with van der Waals surface area (Å²) in [7, 11) is 0. The van der Waals surface area contributed by atoms with Crippen LogP contribution in [0.25, 0.3) is 0 Å². The smallest absolute Gasteiger partial charge is 0.231 e. The Morgan fingerprint density at radius 1 is 1.45 bits per heavy atom. The summed E-state index contributed by atoms with van der Waals surface area (Å²) in [6, 6.07) is 8.09. The normalized spacial score (nSPS) is 12.3. The first-order valence-electron chi connectivity index (χ1n) is 6.33. The number of thioether (sulfide) groups is 1. The number of hydrogen-bond acceptors (Lipinski definition) is 5. The number of carbonyl (C=O) groups is 1. The van der Waals surface area contributed by atoms with E-state index in [4.69, 9.17) is 10.3 Å². The highest BCUT2D eigenvalue weighted by molar-refractivity contribution is 7.99. The second-order valence-electron chi connectivity index (χ2n) is 4.56. The molecule has 0 saturated carbocycles. The van der Waals surface area contributed by atoms with Crippen LogP contribution in [0.1, 0.15) is 29.8 Å². The van der Waals surface area contributed by atoms with Gasteiger partial charge in [0.15, 0.2) is 5.82 Å². The predicted molar refractivity (Wildman–Crippen MR) is 78.2 cm³/mol. The molecule has 20 heavy (non-hydrogen) atoms. The van der Waals surface area contributed by atoms with Gasteiger partial charge in [0.1, 0.15) is 0 Å². The minimum Gasteiger partial charge on any atom is -0.369 e. The van der Waals surface area contributed by atoms with Gasteiger partial charge < -0.3 is 10.3 Å². The summed E-state index contributed by atoms with van der Waals surface area (Å²) in [5.74, 6) is 1.36. The van der Waals surface area contributed by atoms with Crippen molar-refractivity contribution in [1.82, 2.24) is 10.1 Å². The number of rotatable bonds is 6. The Morgan fingerprint density at radius 3 is 2.90 bits per heavy atom. The highest BCUT2D eigenvalue weighted by atomic mass is 32.2. The first-order valence-corrected chi connectivity index (χ1v) is 7.38. The number of aryl methyl sites for hydroxylation is 1. The van der Waals surface area contributed by atoms with Crippen molar-refractivity contribution in [2.45, 2.75) is 31.3 Å². The first-order chi connectivity index (χ1) is 9.56. The summed E-state index contributed by atoms with van der Waals surface area (Å²) >= 11 is 1.40. The quantitative estimate of drug-likeness (QED) is 0.881. The molecular formula is C14H17N3O2S. The summed E-state index contributed by atoms with van der Waals surface area (Å²) in [6.45, 7) is 3.82. The fraction of sp³-hybridized carbons (Fsp3) is 0.357. The molecule has 1 aromatic carbocycles. The second kappa shape index (κ2) is 6.56. The van der Waals surface area contributed by atoms with Crippen LogP contribution in [0.5, 0.6) is 0 Å². The van der Waals surface area contributed by atoms with Gasteiger partial charge in [0.2, 0.25) is 11.8 Å². The zero-order chi connectivity index (χ0) is 14.5. The first kappa shape index (κ1) is 14.6. The number of benzene rings is 1. The van der Waals surface area contributed by atoms with Gasteiger partial charge in [0.05, 0.1) is 17.4 Å². The molecule has 6 heteroatoms. The van der Waals surface area contributed by atoms with Crippen LogP contribution in [0.3, 0.4) is 0 Å². The van der Waals surface area contributed by atoms with Gasteiger partial charge in [-0.3, -0.25) is 4.79 Å². The molecular weight excluding hydrogens is 274 g/mol. The van der Waals surface area contributed by atoms with E-state index in [2.05, 4.69) is 23.1 Å². The molecule has 2 aromatic rings. The lowest BCUT2D eigenvalue weighted by atomic mass is 10.1. The Morgan fingerprint density at radius 2 is 2.20 bits per heavy atom. The van der Waals surface area contributed by atoms with E-state index in [1.165, 1.54) is 22.9 Å². The molecule has 1 amide bonds. The van der Waals surface area contributed by atoms with Gasteiger partial charge in [0, 0.05) is 0 Å². The van der Waals surface area contributed by atoms with Crippen molar-refractivity contribution in [3.05, 3.63) is 47.1 Å². The fourth-order valence-electron chi connectivity index (χ4n) is 1.67. The summed E-state index contributed by atoms with van der Waals surface area (Å²) in [5.41, 5.74) is 7.57. The number of primary amides is 1. The lowest BCUT2D eigenvalue weighted by molar-refractivity contribution is -0.117. The van der Waals surface area contributed by atoms with E-state index >= 15 is 0 Å². The summed E-state index contributed by atoms with van der Waals surface area (Å²) in [6.07, 6.45) is 0.621. The van der Waals surface area contributed by atoms with Crippen LogP contribution in [0, 0.1) is 6.92 Å². The fourth-order valence-corrected chi connectivity index (χ4v) is 2.35. The topological polar surface area (TPSA) is 82.0 Å². The van der Waals surface area contributed by atoms with Crippen LogP contribution in [0.4, 0.5) is 0 Å². The molecule has 0 aliphatic carbocycles. The molecule has 0 unspecified atom stereocenters. The highest BCUT2D eigenvalue weighted by Crippen LogP contribution is 2.17. The molecule has 0 aliphatic rings. The third-order valence-corrected chi connectivity index (χ3v) is 4.13. The molecule has 106 valence electrons. The van der Waals surface area contributed by atoms with Crippen molar-refractivity contribution in [2.24, 2.45) is 5.73 Å². The van der Waals surface area contributed by atoms with Crippen LogP contribution in [-0.2, 0) is 17.0 Å². The third kappa shape index (κ3) is 3.84. The van der Waals surface area contributed by atoms with Crippen LogP contribution < -0.4 is 5.73 Å². The van der Waals surface area contributed by atoms with Crippen molar-refractivity contribution in [3.63, 3.8) is 0 Å². The molecule has 1 heterocycles. The van der Waals surface area contributed by atoms with E-state index in [1.54, 1.807) is 6.92 Å². The molecule has 0 spiro atoms. The van der Waals surface area contributed by atoms with Crippen LogP contribution in [0.2, 0.25) is 0 Å². The maximum atomic E-state index is 10.9. The van der Waals surface area contributed by atoms with Crippen LogP contribution in [0.15, 0.2) is 28.8 Å². The highest BCUT2D eigenvalue weighted by Gasteiger charge is 2.13.